The molecule has 2 N–H and O–H groups in total. The van der Waals surface area contributed by atoms with Gasteiger partial charge in [-0.15, -0.1) is 0 Å². The summed E-state index contributed by atoms with van der Waals surface area (Å²) in [6.45, 7) is 3.06. The molecule has 1 saturated heterocycles. The summed E-state index contributed by atoms with van der Waals surface area (Å²) in [5, 5.41) is 6.42. The van der Waals surface area contributed by atoms with Gasteiger partial charge in [0.25, 0.3) is 5.56 Å². The Morgan fingerprint density at radius 1 is 1.53 bits per heavy atom. The summed E-state index contributed by atoms with van der Waals surface area (Å²) in [5.74, 6) is 0. The fourth-order valence-electron chi connectivity index (χ4n) is 2.36. The number of rotatable bonds is 2. The molecule has 0 aromatic carbocycles. The zero-order valence-corrected chi connectivity index (χ0v) is 9.86. The molecule has 3 rings (SSSR count). The van der Waals surface area contributed by atoms with E-state index in [9.17, 15) is 4.79 Å². The predicted molar refractivity (Wildman–Crippen MR) is 65.2 cm³/mol. The maximum absolute atomic E-state index is 11.9. The number of aryl methyl sites for hydroxylation is 1. The first-order valence-corrected chi connectivity index (χ1v) is 6.13. The van der Waals surface area contributed by atoms with Crippen molar-refractivity contribution < 1.29 is 0 Å². The highest BCUT2D eigenvalue weighted by molar-refractivity contribution is 5.40. The highest BCUT2D eigenvalue weighted by Crippen LogP contribution is 2.20. The van der Waals surface area contributed by atoms with Gasteiger partial charge in [-0.05, 0) is 25.8 Å². The third-order valence-electron chi connectivity index (χ3n) is 3.32. The van der Waals surface area contributed by atoms with E-state index < -0.39 is 0 Å². The van der Waals surface area contributed by atoms with Crippen molar-refractivity contribution in [1.82, 2.24) is 19.9 Å². The molecule has 0 aliphatic carbocycles. The molecule has 0 amide bonds. The van der Waals surface area contributed by atoms with Gasteiger partial charge in [0.05, 0.1) is 5.69 Å². The molecule has 0 radical (unpaired) electrons. The van der Waals surface area contributed by atoms with Gasteiger partial charge >= 0.3 is 0 Å². The molecule has 1 atom stereocenters. The average Bonchev–Trinajstić information content (AvgIpc) is 2.97. The number of nitrogens with one attached hydrogen (secondary N) is 2. The number of H-pyrrole nitrogens is 1. The molecule has 2 aromatic rings. The van der Waals surface area contributed by atoms with Crippen LogP contribution in [0.3, 0.4) is 0 Å². The second kappa shape index (κ2) is 4.00. The van der Waals surface area contributed by atoms with Crippen LogP contribution in [-0.2, 0) is 6.42 Å². The highest BCUT2D eigenvalue weighted by Gasteiger charge is 2.19. The molecule has 1 aliphatic rings. The summed E-state index contributed by atoms with van der Waals surface area (Å²) in [5.41, 5.74) is 2.59. The predicted octanol–water partition coefficient (Wildman–Crippen LogP) is 1.01. The fourth-order valence-corrected chi connectivity index (χ4v) is 2.36. The maximum atomic E-state index is 11.9. The Kier molecular flexibility index (Phi) is 2.48. The van der Waals surface area contributed by atoms with Crippen molar-refractivity contribution in [2.75, 3.05) is 6.54 Å². The van der Waals surface area contributed by atoms with Crippen molar-refractivity contribution in [2.45, 2.75) is 32.2 Å². The molecule has 90 valence electrons. The highest BCUT2D eigenvalue weighted by atomic mass is 16.1. The summed E-state index contributed by atoms with van der Waals surface area (Å²) in [6.07, 6.45) is 3.09. The van der Waals surface area contributed by atoms with Crippen molar-refractivity contribution in [1.29, 1.82) is 0 Å². The lowest BCUT2D eigenvalue weighted by Crippen LogP contribution is -2.20. The van der Waals surface area contributed by atoms with E-state index in [0.717, 1.165) is 42.8 Å². The molecular weight excluding hydrogens is 216 g/mol. The van der Waals surface area contributed by atoms with Crippen LogP contribution in [-0.4, -0.2) is 21.1 Å². The molecule has 2 aromatic heterocycles. The van der Waals surface area contributed by atoms with Gasteiger partial charge in [0.15, 0.2) is 5.65 Å². The van der Waals surface area contributed by atoms with Crippen LogP contribution in [0.15, 0.2) is 16.9 Å². The first-order chi connectivity index (χ1) is 8.28. The van der Waals surface area contributed by atoms with Crippen molar-refractivity contribution in [3.8, 4) is 0 Å². The van der Waals surface area contributed by atoms with Crippen LogP contribution in [0.2, 0.25) is 0 Å². The third kappa shape index (κ3) is 1.76. The first-order valence-electron chi connectivity index (χ1n) is 6.13. The number of hydrogen-bond donors (Lipinski definition) is 2. The van der Waals surface area contributed by atoms with Crippen LogP contribution in [0, 0.1) is 0 Å². The van der Waals surface area contributed by atoms with Gasteiger partial charge < -0.3 is 5.32 Å². The molecule has 1 unspecified atom stereocenters. The van der Waals surface area contributed by atoms with Gasteiger partial charge in [-0.2, -0.15) is 0 Å². The summed E-state index contributed by atoms with van der Waals surface area (Å²) >= 11 is 0. The molecule has 1 aliphatic heterocycles. The zero-order chi connectivity index (χ0) is 11.8. The number of nitrogens with zero attached hydrogens (tertiary/aromatic N) is 2. The van der Waals surface area contributed by atoms with Crippen LogP contribution in [0.1, 0.15) is 37.2 Å². The van der Waals surface area contributed by atoms with E-state index in [4.69, 9.17) is 0 Å². The molecule has 5 nitrogen and oxygen atoms in total. The van der Waals surface area contributed by atoms with Gasteiger partial charge in [0.1, 0.15) is 0 Å². The molecule has 1 fully saturated rings. The minimum atomic E-state index is -0.0293. The Balaban J connectivity index is 2.12. The van der Waals surface area contributed by atoms with Gasteiger partial charge in [0, 0.05) is 23.9 Å². The Morgan fingerprint density at radius 2 is 2.41 bits per heavy atom. The third-order valence-corrected chi connectivity index (χ3v) is 3.32. The SMILES string of the molecule is CCc1cc2nc(C3CCCN3)cc(=O)n2[nH]1. The van der Waals surface area contributed by atoms with Crippen molar-refractivity contribution in [3.05, 3.63) is 33.9 Å². The van der Waals surface area contributed by atoms with E-state index in [2.05, 4.69) is 22.3 Å². The standard InChI is InChI=1S/C12H16N4O/c1-2-8-6-11-14-10(9-4-3-5-13-9)7-12(17)16(11)15-8/h6-7,9,13,15H,2-5H2,1H3. The minimum absolute atomic E-state index is 0.0293. The van der Waals surface area contributed by atoms with E-state index in [-0.39, 0.29) is 11.6 Å². The van der Waals surface area contributed by atoms with Gasteiger partial charge in [0.2, 0.25) is 0 Å². The maximum Gasteiger partial charge on any atom is 0.272 e. The van der Waals surface area contributed by atoms with Crippen molar-refractivity contribution >= 4 is 5.65 Å². The summed E-state index contributed by atoms with van der Waals surface area (Å²) in [6, 6.07) is 3.82. The van der Waals surface area contributed by atoms with Gasteiger partial charge in [-0.3, -0.25) is 9.89 Å². The number of aromatic amines is 1. The lowest BCUT2D eigenvalue weighted by atomic mass is 10.1. The van der Waals surface area contributed by atoms with E-state index in [1.807, 2.05) is 6.07 Å². The van der Waals surface area contributed by atoms with E-state index in [0.29, 0.717) is 0 Å². The Hall–Kier alpha value is -1.62. The fraction of sp³-hybridized carbons (Fsp3) is 0.500. The number of hydrogen-bond acceptors (Lipinski definition) is 3. The largest absolute Gasteiger partial charge is 0.309 e. The average molecular weight is 232 g/mol. The number of fused-ring (bicyclic) bond motifs is 1. The van der Waals surface area contributed by atoms with Crippen LogP contribution in [0.4, 0.5) is 0 Å². The van der Waals surface area contributed by atoms with E-state index in [1.54, 1.807) is 6.07 Å². The van der Waals surface area contributed by atoms with Crippen LogP contribution in [0.5, 0.6) is 0 Å². The van der Waals surface area contributed by atoms with Crippen LogP contribution in [0.25, 0.3) is 5.65 Å². The normalized spacial score (nSPS) is 20.2. The summed E-state index contributed by atoms with van der Waals surface area (Å²) in [7, 11) is 0. The molecule has 0 bridgehead atoms. The smallest absolute Gasteiger partial charge is 0.272 e. The molecule has 0 spiro atoms. The molecule has 3 heterocycles. The molecule has 0 saturated carbocycles. The Morgan fingerprint density at radius 3 is 3.12 bits per heavy atom. The number of aromatic nitrogens is 3. The topological polar surface area (TPSA) is 62.2 Å². The molecule has 5 heteroatoms. The summed E-state index contributed by atoms with van der Waals surface area (Å²) < 4.78 is 1.51. The van der Waals surface area contributed by atoms with Crippen LogP contribution >= 0.6 is 0 Å². The lowest BCUT2D eigenvalue weighted by molar-refractivity contribution is 0.624. The Bertz CT molecular complexity index is 592. The first kappa shape index (κ1) is 10.5. The summed E-state index contributed by atoms with van der Waals surface area (Å²) in [4.78, 5) is 16.5. The zero-order valence-electron chi connectivity index (χ0n) is 9.86. The van der Waals surface area contributed by atoms with Crippen LogP contribution < -0.4 is 10.9 Å². The van der Waals surface area contributed by atoms with Crippen molar-refractivity contribution in [3.63, 3.8) is 0 Å². The van der Waals surface area contributed by atoms with Gasteiger partial charge in [-0.1, -0.05) is 6.92 Å². The molecular formula is C12H16N4O. The van der Waals surface area contributed by atoms with E-state index in [1.165, 1.54) is 4.52 Å². The van der Waals surface area contributed by atoms with Gasteiger partial charge in [-0.25, -0.2) is 9.50 Å². The monoisotopic (exact) mass is 232 g/mol. The lowest BCUT2D eigenvalue weighted by Gasteiger charge is -2.08. The van der Waals surface area contributed by atoms with Crippen molar-refractivity contribution in [2.24, 2.45) is 0 Å². The Labute approximate surface area is 98.9 Å². The second-order valence-electron chi connectivity index (χ2n) is 4.50. The quantitative estimate of drug-likeness (QED) is 0.812. The minimum Gasteiger partial charge on any atom is -0.309 e. The second-order valence-corrected chi connectivity index (χ2v) is 4.50. The van der Waals surface area contributed by atoms with E-state index >= 15 is 0 Å². The molecule has 17 heavy (non-hydrogen) atoms.